The third kappa shape index (κ3) is 4.05. The van der Waals surface area contributed by atoms with Crippen LogP contribution >= 0.6 is 0 Å². The van der Waals surface area contributed by atoms with Crippen molar-refractivity contribution in [2.75, 3.05) is 27.2 Å². The van der Waals surface area contributed by atoms with Crippen LogP contribution in [-0.2, 0) is 26.1 Å². The van der Waals surface area contributed by atoms with Crippen molar-refractivity contribution < 1.29 is 28.5 Å². The van der Waals surface area contributed by atoms with Gasteiger partial charge in [0, 0.05) is 35.9 Å². The van der Waals surface area contributed by atoms with Crippen molar-refractivity contribution in [3.63, 3.8) is 0 Å². The summed E-state index contributed by atoms with van der Waals surface area (Å²) < 4.78 is 23.5. The van der Waals surface area contributed by atoms with Gasteiger partial charge in [0.1, 0.15) is 11.7 Å². The van der Waals surface area contributed by atoms with Crippen LogP contribution in [0.1, 0.15) is 51.2 Å². The van der Waals surface area contributed by atoms with Crippen molar-refractivity contribution in [3.8, 4) is 11.5 Å². The number of nitrogens with zero attached hydrogens (tertiary/aromatic N) is 1. The quantitative estimate of drug-likeness (QED) is 0.376. The average molecular weight is 485 g/mol. The van der Waals surface area contributed by atoms with Crippen LogP contribution in [-0.4, -0.2) is 68.1 Å². The Kier molecular flexibility index (Phi) is 5.98. The lowest BCUT2D eigenvalue weighted by atomic mass is 9.53. The van der Waals surface area contributed by atoms with Crippen molar-refractivity contribution in [1.82, 2.24) is 10.2 Å². The van der Waals surface area contributed by atoms with Crippen LogP contribution in [0.15, 0.2) is 24.3 Å². The van der Waals surface area contributed by atoms with Gasteiger partial charge in [0.05, 0.1) is 7.11 Å². The van der Waals surface area contributed by atoms with Crippen LogP contribution in [0.4, 0.5) is 4.79 Å². The lowest BCUT2D eigenvalue weighted by molar-refractivity contribution is -0.155. The van der Waals surface area contributed by atoms with E-state index in [0.717, 1.165) is 30.9 Å². The fourth-order valence-electron chi connectivity index (χ4n) is 6.42. The fraction of sp³-hybridized carbons (Fsp3) is 0.630. The van der Waals surface area contributed by atoms with E-state index in [2.05, 4.69) is 29.4 Å². The maximum absolute atomic E-state index is 12.8. The zero-order valence-electron chi connectivity index (χ0n) is 21.3. The third-order valence-corrected chi connectivity index (χ3v) is 7.83. The SMILES string of the molecule is COc1ccc2c3c1OC1C(OC(=O)CCCNC(=O)OC(C)(C)C)C=C[C@H]4C(C2)N(C)CC[C@]314. The van der Waals surface area contributed by atoms with Crippen LogP contribution in [0.2, 0.25) is 0 Å². The number of methoxy groups -OCH3 is 1. The minimum Gasteiger partial charge on any atom is -0.493 e. The summed E-state index contributed by atoms with van der Waals surface area (Å²) in [6, 6.07) is 4.56. The Balaban J connectivity index is 1.29. The zero-order valence-corrected chi connectivity index (χ0v) is 21.3. The van der Waals surface area contributed by atoms with Crippen LogP contribution in [0.5, 0.6) is 11.5 Å². The summed E-state index contributed by atoms with van der Waals surface area (Å²) in [4.78, 5) is 27.0. The number of amides is 1. The number of hydrogen-bond donors (Lipinski definition) is 1. The number of alkyl carbamates (subject to hydrolysis) is 1. The van der Waals surface area contributed by atoms with Gasteiger partial charge in [-0.25, -0.2) is 4.79 Å². The number of carbonyl (C=O) groups excluding carboxylic acids is 2. The second kappa shape index (κ2) is 8.73. The molecule has 2 aliphatic carbocycles. The number of nitrogens with one attached hydrogen (secondary N) is 1. The van der Waals surface area contributed by atoms with Gasteiger partial charge in [-0.05, 0) is 71.3 Å². The van der Waals surface area contributed by atoms with E-state index < -0.39 is 17.8 Å². The largest absolute Gasteiger partial charge is 0.493 e. The molecule has 0 aromatic heterocycles. The highest BCUT2D eigenvalue weighted by molar-refractivity contribution is 5.71. The monoisotopic (exact) mass is 484 g/mol. The molecule has 8 nitrogen and oxygen atoms in total. The summed E-state index contributed by atoms with van der Waals surface area (Å²) in [6.45, 7) is 6.75. The van der Waals surface area contributed by atoms with E-state index in [1.54, 1.807) is 7.11 Å². The van der Waals surface area contributed by atoms with Gasteiger partial charge < -0.3 is 29.2 Å². The Bertz CT molecular complexity index is 1050. The van der Waals surface area contributed by atoms with Gasteiger partial charge in [-0.15, -0.1) is 0 Å². The Labute approximate surface area is 206 Å². The predicted octanol–water partition coefficient (Wildman–Crippen LogP) is 3.36. The van der Waals surface area contributed by atoms with Gasteiger partial charge in [0.2, 0.25) is 0 Å². The minimum atomic E-state index is -0.554. The van der Waals surface area contributed by atoms with E-state index in [-0.39, 0.29) is 23.9 Å². The molecule has 5 atom stereocenters. The molecule has 1 N–H and O–H groups in total. The number of likely N-dealkylation sites (tertiary alicyclic amines) is 1. The van der Waals surface area contributed by atoms with Crippen molar-refractivity contribution in [1.29, 1.82) is 0 Å². The molecule has 1 saturated heterocycles. The smallest absolute Gasteiger partial charge is 0.407 e. The molecule has 4 aliphatic rings. The molecule has 3 unspecified atom stereocenters. The first-order chi connectivity index (χ1) is 16.6. The van der Waals surface area contributed by atoms with Gasteiger partial charge in [-0.2, -0.15) is 0 Å². The van der Waals surface area contributed by atoms with Crippen LogP contribution < -0.4 is 14.8 Å². The van der Waals surface area contributed by atoms with Crippen LogP contribution in [0.3, 0.4) is 0 Å². The maximum atomic E-state index is 12.8. The van der Waals surface area contributed by atoms with E-state index in [4.69, 9.17) is 18.9 Å². The summed E-state index contributed by atoms with van der Waals surface area (Å²) in [5.41, 5.74) is 1.79. The fourth-order valence-corrected chi connectivity index (χ4v) is 6.42. The van der Waals surface area contributed by atoms with Gasteiger partial charge in [-0.3, -0.25) is 4.79 Å². The van der Waals surface area contributed by atoms with E-state index in [1.807, 2.05) is 32.9 Å². The van der Waals surface area contributed by atoms with Crippen LogP contribution in [0, 0.1) is 5.92 Å². The molecule has 1 fully saturated rings. The number of esters is 1. The van der Waals surface area contributed by atoms with Gasteiger partial charge in [0.25, 0.3) is 0 Å². The molecule has 190 valence electrons. The van der Waals surface area contributed by atoms with E-state index in [9.17, 15) is 9.59 Å². The second-order valence-electron chi connectivity index (χ2n) is 11.1. The first-order valence-corrected chi connectivity index (χ1v) is 12.6. The number of ether oxygens (including phenoxy) is 4. The lowest BCUT2D eigenvalue weighted by Gasteiger charge is -2.56. The third-order valence-electron chi connectivity index (χ3n) is 7.83. The van der Waals surface area contributed by atoms with Crippen molar-refractivity contribution in [2.45, 2.75) is 75.7 Å². The highest BCUT2D eigenvalue weighted by Crippen LogP contribution is 2.62. The maximum Gasteiger partial charge on any atom is 0.407 e. The average Bonchev–Trinajstić information content (AvgIpc) is 3.14. The molecular formula is C27H36N2O6. The molecule has 2 heterocycles. The lowest BCUT2D eigenvalue weighted by Crippen LogP contribution is -2.65. The molecule has 8 heteroatoms. The molecule has 2 aliphatic heterocycles. The summed E-state index contributed by atoms with van der Waals surface area (Å²) in [7, 11) is 3.86. The molecule has 1 amide bonds. The van der Waals surface area contributed by atoms with Crippen molar-refractivity contribution in [2.24, 2.45) is 5.92 Å². The molecule has 35 heavy (non-hydrogen) atoms. The first-order valence-electron chi connectivity index (χ1n) is 12.6. The van der Waals surface area contributed by atoms with Crippen molar-refractivity contribution >= 4 is 12.1 Å². The summed E-state index contributed by atoms with van der Waals surface area (Å²) in [5, 5.41) is 2.68. The molecular weight excluding hydrogens is 448 g/mol. The Hall–Kier alpha value is -2.74. The number of likely N-dealkylation sites (N-methyl/N-ethyl adjacent to an activating group) is 1. The molecule has 2 bridgehead atoms. The van der Waals surface area contributed by atoms with Gasteiger partial charge in [0.15, 0.2) is 17.6 Å². The number of carbonyl (C=O) groups is 2. The Morgan fingerprint density at radius 1 is 1.26 bits per heavy atom. The number of benzene rings is 1. The molecule has 1 aromatic carbocycles. The predicted molar refractivity (Wildman–Crippen MR) is 130 cm³/mol. The summed E-state index contributed by atoms with van der Waals surface area (Å²) >= 11 is 0. The van der Waals surface area contributed by atoms with Crippen LogP contribution in [0.25, 0.3) is 0 Å². The Morgan fingerprint density at radius 2 is 2.06 bits per heavy atom. The number of rotatable bonds is 6. The molecule has 1 aromatic rings. The van der Waals surface area contributed by atoms with Gasteiger partial charge >= 0.3 is 12.1 Å². The zero-order chi connectivity index (χ0) is 25.0. The van der Waals surface area contributed by atoms with E-state index in [1.165, 1.54) is 11.1 Å². The highest BCUT2D eigenvalue weighted by Gasteiger charge is 2.65. The topological polar surface area (TPSA) is 86.3 Å². The number of hydrogen-bond acceptors (Lipinski definition) is 7. The van der Waals surface area contributed by atoms with E-state index >= 15 is 0 Å². The van der Waals surface area contributed by atoms with Crippen molar-refractivity contribution in [3.05, 3.63) is 35.4 Å². The summed E-state index contributed by atoms with van der Waals surface area (Å²) in [6.07, 6.45) is 5.63. The summed E-state index contributed by atoms with van der Waals surface area (Å²) in [5.74, 6) is 1.56. The molecule has 5 rings (SSSR count). The molecule has 1 spiro atoms. The highest BCUT2D eigenvalue weighted by atomic mass is 16.6. The standard InChI is InChI=1S/C27H36N2O6/c1-26(2,3)35-25(31)28-13-6-7-21(30)33-20-11-9-17-18-15-16-8-10-19(32-5)23-22(16)27(17,24(20)34-23)12-14-29(18)4/h8-11,17-18,20,24H,6-7,12-15H2,1-5H3,(H,28,31)/t17-,18?,20?,24?,27-/m0/s1. The minimum absolute atomic E-state index is 0.205. The first kappa shape index (κ1) is 24.0. The normalized spacial score (nSPS) is 30.2. The second-order valence-corrected chi connectivity index (χ2v) is 11.1. The molecule has 0 radical (unpaired) electrons. The van der Waals surface area contributed by atoms with E-state index in [0.29, 0.717) is 24.9 Å². The number of piperidine rings is 1. The molecule has 0 saturated carbocycles. The van der Waals surface area contributed by atoms with Gasteiger partial charge in [-0.1, -0.05) is 12.1 Å². The Morgan fingerprint density at radius 3 is 2.80 bits per heavy atom.